The van der Waals surface area contributed by atoms with E-state index >= 15 is 0 Å². The van der Waals surface area contributed by atoms with E-state index in [1.54, 1.807) is 0 Å². The maximum atomic E-state index is 12.7. The molecule has 8 atom stereocenters. The second-order valence-corrected chi connectivity index (χ2v) is 14.5. The van der Waals surface area contributed by atoms with E-state index in [1.807, 2.05) is 13.8 Å². The summed E-state index contributed by atoms with van der Waals surface area (Å²) in [5.41, 5.74) is 0.883. The largest absolute Gasteiger partial charge is 0.481 e. The molecule has 3 saturated carbocycles. The Balaban J connectivity index is 1.19. The van der Waals surface area contributed by atoms with Gasteiger partial charge in [-0.05, 0) is 113 Å². The smallest absolute Gasteiger partial charge is 0.305 e. The Kier molecular flexibility index (Phi) is 8.10. The minimum atomic E-state index is -0.981. The number of carboxylic acids is 1. The van der Waals surface area contributed by atoms with Crippen molar-refractivity contribution in [2.75, 3.05) is 13.2 Å². The highest BCUT2D eigenvalue weighted by Crippen LogP contribution is 2.67. The summed E-state index contributed by atoms with van der Waals surface area (Å²) in [4.78, 5) is 29.7. The lowest BCUT2D eigenvalue weighted by molar-refractivity contribution is -0.139. The van der Waals surface area contributed by atoms with Gasteiger partial charge in [-0.3, -0.25) is 9.59 Å². The summed E-state index contributed by atoms with van der Waals surface area (Å²) in [6.45, 7) is 8.93. The Morgan fingerprint density at radius 3 is 2.61 bits per heavy atom. The van der Waals surface area contributed by atoms with Gasteiger partial charge in [0.1, 0.15) is 5.60 Å². The molecule has 0 aromatic rings. The summed E-state index contributed by atoms with van der Waals surface area (Å²) in [6.07, 6.45) is 17.0. The van der Waals surface area contributed by atoms with Crippen molar-refractivity contribution in [1.29, 1.82) is 0 Å². The maximum absolute atomic E-state index is 12.7. The number of fused-ring (bicyclic) bond motifs is 5. The van der Waals surface area contributed by atoms with Crippen LogP contribution in [0.3, 0.4) is 0 Å². The van der Waals surface area contributed by atoms with Crippen LogP contribution in [0, 0.1) is 46.8 Å². The molecule has 5 aliphatic rings. The Labute approximate surface area is 244 Å². The Morgan fingerprint density at radius 2 is 1.90 bits per heavy atom. The summed E-state index contributed by atoms with van der Waals surface area (Å²) in [5, 5.41) is 27.9. The minimum Gasteiger partial charge on any atom is -0.481 e. The molecule has 1 heterocycles. The maximum Gasteiger partial charge on any atom is 0.305 e. The van der Waals surface area contributed by atoms with E-state index in [4.69, 9.17) is 16.0 Å². The van der Waals surface area contributed by atoms with Crippen LogP contribution in [0.1, 0.15) is 98.3 Å². The fraction of sp³-hybridized carbons (Fsp3) is 0.788. The first-order chi connectivity index (χ1) is 19.3. The van der Waals surface area contributed by atoms with Crippen LogP contribution >= 0.6 is 0 Å². The van der Waals surface area contributed by atoms with Crippen molar-refractivity contribution in [2.24, 2.45) is 39.7 Å². The highest BCUT2D eigenvalue weighted by Gasteiger charge is 2.63. The molecule has 1 aliphatic heterocycles. The Morgan fingerprint density at radius 1 is 1.15 bits per heavy atom. The molecule has 1 saturated heterocycles. The lowest BCUT2D eigenvalue weighted by atomic mass is 9.46. The van der Waals surface area contributed by atoms with Crippen LogP contribution < -0.4 is 5.32 Å². The van der Waals surface area contributed by atoms with Gasteiger partial charge in [-0.15, -0.1) is 6.42 Å². The zero-order valence-corrected chi connectivity index (χ0v) is 25.2. The van der Waals surface area contributed by atoms with Crippen molar-refractivity contribution >= 4 is 17.6 Å². The lowest BCUT2D eigenvalue weighted by Crippen LogP contribution is -2.54. The van der Waals surface area contributed by atoms with Gasteiger partial charge in [0.2, 0.25) is 0 Å². The highest BCUT2D eigenvalue weighted by molar-refractivity contribution is 5.96. The summed E-state index contributed by atoms with van der Waals surface area (Å²) < 4.78 is 5.77. The molecule has 0 radical (unpaired) electrons. The number of hydrogen-bond donors (Lipinski definition) is 3. The first-order valence-electron chi connectivity index (χ1n) is 15.6. The van der Waals surface area contributed by atoms with E-state index in [1.165, 1.54) is 5.57 Å². The van der Waals surface area contributed by atoms with E-state index < -0.39 is 17.6 Å². The molecule has 1 amide bonds. The number of rotatable bonds is 7. The number of oxime groups is 1. The van der Waals surface area contributed by atoms with Crippen LogP contribution in [0.15, 0.2) is 16.8 Å². The molecule has 4 aliphatic carbocycles. The average molecular weight is 569 g/mol. The van der Waals surface area contributed by atoms with Gasteiger partial charge >= 0.3 is 5.97 Å². The topological polar surface area (TPSA) is 117 Å². The summed E-state index contributed by atoms with van der Waals surface area (Å²) in [6, 6.07) is -0.471. The normalized spacial score (nSPS) is 41.2. The van der Waals surface area contributed by atoms with Crippen LogP contribution in [0.25, 0.3) is 0 Å². The number of ether oxygens (including phenoxy) is 1. The molecule has 5 rings (SSSR count). The van der Waals surface area contributed by atoms with Crippen molar-refractivity contribution in [3.8, 4) is 12.3 Å². The van der Waals surface area contributed by atoms with Gasteiger partial charge in [0.15, 0.2) is 6.61 Å². The SMILES string of the molecule is C#C[C@]1(O)CC[C@@H]2[C@@H]3CCC4=C/C(=N/OCC(=O)N[C@@H](CC(=O)O)[C@@H]5CCOC(C)(C)C5)CC[C@]4(C)[C@H]3CC[C@@]21C. The van der Waals surface area contributed by atoms with Gasteiger partial charge < -0.3 is 25.1 Å². The van der Waals surface area contributed by atoms with Gasteiger partial charge in [0, 0.05) is 18.1 Å². The summed E-state index contributed by atoms with van der Waals surface area (Å²) >= 11 is 0. The number of amides is 1. The summed E-state index contributed by atoms with van der Waals surface area (Å²) in [7, 11) is 0. The van der Waals surface area contributed by atoms with Gasteiger partial charge in [0.25, 0.3) is 5.91 Å². The standard InChI is InChI=1S/C33H48N2O6/c1-6-33(39)15-11-26-24-8-7-22-17-23(9-13-31(22,4)25(24)10-14-32(26,33)5)35-41-20-28(36)34-27(18-29(37)38)21-12-16-40-30(2,3)19-21/h1,17,21,24-27,39H,7-16,18-20H2,2-5H3,(H,34,36)(H,37,38)/b35-23+/t21-,24-,25+,26-,27+,31+,32+,33+/m1/s1. The van der Waals surface area contributed by atoms with Gasteiger partial charge in [-0.2, -0.15) is 0 Å². The molecule has 41 heavy (non-hydrogen) atoms. The molecule has 3 N–H and O–H groups in total. The van der Waals surface area contributed by atoms with Crippen LogP contribution in [0.5, 0.6) is 0 Å². The van der Waals surface area contributed by atoms with E-state index in [0.717, 1.165) is 50.7 Å². The van der Waals surface area contributed by atoms with Crippen molar-refractivity contribution in [1.82, 2.24) is 5.32 Å². The molecule has 4 fully saturated rings. The number of aliphatic hydroxyl groups is 1. The number of nitrogens with zero attached hydrogens (tertiary/aromatic N) is 1. The molecule has 226 valence electrons. The quantitative estimate of drug-likeness (QED) is 0.299. The number of carbonyl (C=O) groups excluding carboxylic acids is 1. The third-order valence-corrected chi connectivity index (χ3v) is 11.8. The molecule has 8 nitrogen and oxygen atoms in total. The first-order valence-corrected chi connectivity index (χ1v) is 15.6. The fourth-order valence-electron chi connectivity index (χ4n) is 9.46. The van der Waals surface area contributed by atoms with Crippen molar-refractivity contribution < 1.29 is 29.4 Å². The number of terminal acetylenes is 1. The molecule has 0 unspecified atom stereocenters. The fourth-order valence-corrected chi connectivity index (χ4v) is 9.46. The minimum absolute atomic E-state index is 0.0308. The van der Waals surface area contributed by atoms with Crippen molar-refractivity contribution in [3.05, 3.63) is 11.6 Å². The van der Waals surface area contributed by atoms with Crippen molar-refractivity contribution in [2.45, 2.75) is 116 Å². The molecular weight excluding hydrogens is 520 g/mol. The van der Waals surface area contributed by atoms with Crippen LogP contribution in [-0.4, -0.2) is 58.3 Å². The van der Waals surface area contributed by atoms with E-state index in [9.17, 15) is 19.8 Å². The van der Waals surface area contributed by atoms with Crippen molar-refractivity contribution in [3.63, 3.8) is 0 Å². The van der Waals surface area contributed by atoms with Gasteiger partial charge in [-0.1, -0.05) is 30.5 Å². The Bertz CT molecular complexity index is 1150. The number of aliphatic carboxylic acids is 1. The summed E-state index contributed by atoms with van der Waals surface area (Å²) in [5.74, 6) is 3.14. The number of carbonyl (C=O) groups is 2. The molecule has 0 spiro atoms. The zero-order valence-electron chi connectivity index (χ0n) is 25.2. The monoisotopic (exact) mass is 568 g/mol. The number of hydrogen-bond acceptors (Lipinski definition) is 6. The van der Waals surface area contributed by atoms with E-state index in [0.29, 0.717) is 43.6 Å². The number of carboxylic acid groups (broad SMARTS) is 1. The second-order valence-electron chi connectivity index (χ2n) is 14.5. The van der Waals surface area contributed by atoms with Crippen LogP contribution in [0.2, 0.25) is 0 Å². The molecule has 0 aromatic heterocycles. The number of allylic oxidation sites excluding steroid dienone is 2. The lowest BCUT2D eigenvalue weighted by Gasteiger charge is -2.58. The van der Waals surface area contributed by atoms with Gasteiger partial charge in [0.05, 0.1) is 17.7 Å². The van der Waals surface area contributed by atoms with Crippen LogP contribution in [0.4, 0.5) is 0 Å². The average Bonchev–Trinajstić information content (AvgIpc) is 3.18. The molecular formula is C33H48N2O6. The third-order valence-electron chi connectivity index (χ3n) is 11.8. The van der Waals surface area contributed by atoms with E-state index in [-0.39, 0.29) is 41.3 Å². The predicted molar refractivity (Wildman–Crippen MR) is 156 cm³/mol. The second kappa shape index (κ2) is 11.0. The highest BCUT2D eigenvalue weighted by atomic mass is 16.6. The molecule has 0 bridgehead atoms. The molecule has 8 heteroatoms. The predicted octanol–water partition coefficient (Wildman–Crippen LogP) is 4.85. The zero-order chi connectivity index (χ0) is 29.6. The van der Waals surface area contributed by atoms with E-state index in [2.05, 4.69) is 36.3 Å². The third kappa shape index (κ3) is 5.57. The van der Waals surface area contributed by atoms with Crippen LogP contribution in [-0.2, 0) is 19.2 Å². The first kappa shape index (κ1) is 30.1. The van der Waals surface area contributed by atoms with Gasteiger partial charge in [-0.25, -0.2) is 0 Å². The Hall–Kier alpha value is -2.37. The number of nitrogens with one attached hydrogen (secondary N) is 1. The molecule has 0 aromatic carbocycles.